The van der Waals surface area contributed by atoms with Gasteiger partial charge >= 0.3 is 0 Å². The predicted octanol–water partition coefficient (Wildman–Crippen LogP) is 16.6. The van der Waals surface area contributed by atoms with Crippen LogP contribution in [-0.4, -0.2) is 110 Å². The van der Waals surface area contributed by atoms with E-state index in [1.165, 1.54) is 276 Å². The molecule has 0 saturated carbocycles. The molecule has 0 radical (unpaired) electrons. The Bertz CT molecular complexity index is 1310. The van der Waals surface area contributed by atoms with Gasteiger partial charge in [-0.2, -0.15) is 0 Å². The first-order chi connectivity index (χ1) is 39.2. The van der Waals surface area contributed by atoms with Crippen molar-refractivity contribution >= 4 is 5.91 Å². The lowest BCUT2D eigenvalue weighted by molar-refractivity contribution is -0.303. The molecule has 11 heteroatoms. The Labute approximate surface area is 493 Å². The average Bonchev–Trinajstić information content (AvgIpc) is 3.47. The molecule has 9 unspecified atom stereocenters. The fourth-order valence-corrected chi connectivity index (χ4v) is 11.7. The van der Waals surface area contributed by atoms with Gasteiger partial charge in [0.1, 0.15) is 36.6 Å². The van der Waals surface area contributed by atoms with Crippen molar-refractivity contribution in [1.82, 2.24) is 5.32 Å². The van der Waals surface area contributed by atoms with Crippen molar-refractivity contribution in [2.75, 3.05) is 13.2 Å². The van der Waals surface area contributed by atoms with Gasteiger partial charge in [-0.1, -0.05) is 328 Å². The molecule has 476 valence electrons. The summed E-state index contributed by atoms with van der Waals surface area (Å²) in [5.74, 6) is -0.690. The number of nitrogens with one attached hydrogen (secondary N) is 1. The number of carbonyl (C=O) groups excluding carboxylic acids is 1. The highest BCUT2D eigenvalue weighted by molar-refractivity contribution is 5.80. The minimum absolute atomic E-state index is 0.263. The zero-order valence-corrected chi connectivity index (χ0v) is 52.6. The highest BCUT2D eigenvalue weighted by Crippen LogP contribution is 2.24. The van der Waals surface area contributed by atoms with Crippen LogP contribution in [0, 0.1) is 0 Å². The summed E-state index contributed by atoms with van der Waals surface area (Å²) >= 11 is 0. The molecule has 1 saturated heterocycles. The van der Waals surface area contributed by atoms with E-state index in [4.69, 9.17) is 9.47 Å². The Morgan fingerprint density at radius 3 is 1.05 bits per heavy atom. The van der Waals surface area contributed by atoms with Crippen LogP contribution in [0.1, 0.15) is 354 Å². The van der Waals surface area contributed by atoms with Gasteiger partial charge in [0.05, 0.1) is 25.4 Å². The Balaban J connectivity index is 2.20. The van der Waals surface area contributed by atoms with Crippen LogP contribution in [-0.2, 0) is 14.3 Å². The fraction of sp³-hybridized carbons (Fsp3) is 0.957. The summed E-state index contributed by atoms with van der Waals surface area (Å²) in [5, 5.41) is 76.5. The summed E-state index contributed by atoms with van der Waals surface area (Å²) in [6, 6.07) is -1.17. The second-order valence-electron chi connectivity index (χ2n) is 25.0. The van der Waals surface area contributed by atoms with Crippen LogP contribution in [0.15, 0.2) is 12.2 Å². The monoisotopic (exact) mass is 1140 g/mol. The van der Waals surface area contributed by atoms with Gasteiger partial charge in [0, 0.05) is 0 Å². The van der Waals surface area contributed by atoms with Crippen molar-refractivity contribution in [1.29, 1.82) is 0 Å². The first-order valence-corrected chi connectivity index (χ1v) is 35.1. The number of rotatable bonds is 62. The molecule has 0 aromatic carbocycles. The summed E-state index contributed by atoms with van der Waals surface area (Å²) in [4.78, 5) is 13.3. The molecular formula is C69H135NO10. The molecule has 11 nitrogen and oxygen atoms in total. The molecule has 1 rings (SSSR count). The largest absolute Gasteiger partial charge is 0.394 e. The molecular weight excluding hydrogens is 1000 g/mol. The first-order valence-electron chi connectivity index (χ1n) is 35.1. The highest BCUT2D eigenvalue weighted by Gasteiger charge is 2.44. The molecule has 1 amide bonds. The second-order valence-corrected chi connectivity index (χ2v) is 25.0. The Hall–Kier alpha value is -1.15. The maximum Gasteiger partial charge on any atom is 0.249 e. The third kappa shape index (κ3) is 45.2. The van der Waals surface area contributed by atoms with Crippen molar-refractivity contribution in [3.8, 4) is 0 Å². The minimum Gasteiger partial charge on any atom is -0.394 e. The molecule has 1 fully saturated rings. The standard InChI is InChI=1S/C69H135NO10/c1-3-5-7-9-11-13-15-17-19-21-23-25-27-29-31-33-35-37-39-41-43-45-47-49-51-53-55-57-62(73)68(78)70-60(59-79-69-67(77)66(76)65(75)63(58-71)80-69)64(74)61(72)56-54-52-50-48-46-44-42-40-38-36-34-32-30-28-26-24-22-20-18-16-14-12-10-8-6-4-2/h29,31,60-67,69,71-77H,3-28,30,32-59H2,1-2H3,(H,70,78)/b31-29-. The van der Waals surface area contributed by atoms with Gasteiger partial charge in [0.25, 0.3) is 0 Å². The molecule has 0 bridgehead atoms. The van der Waals surface area contributed by atoms with E-state index < -0.39 is 74.2 Å². The van der Waals surface area contributed by atoms with Crippen molar-refractivity contribution in [3.63, 3.8) is 0 Å². The van der Waals surface area contributed by atoms with Gasteiger partial charge in [0.2, 0.25) is 5.91 Å². The number of allylic oxidation sites excluding steroid dienone is 2. The van der Waals surface area contributed by atoms with Gasteiger partial charge in [0.15, 0.2) is 6.29 Å². The van der Waals surface area contributed by atoms with E-state index in [2.05, 4.69) is 31.3 Å². The van der Waals surface area contributed by atoms with E-state index in [-0.39, 0.29) is 6.42 Å². The minimum atomic E-state index is -1.66. The van der Waals surface area contributed by atoms with Gasteiger partial charge in [-0.3, -0.25) is 4.79 Å². The molecule has 1 aliphatic heterocycles. The Morgan fingerprint density at radius 2 is 0.725 bits per heavy atom. The molecule has 80 heavy (non-hydrogen) atoms. The molecule has 0 aliphatic carbocycles. The zero-order chi connectivity index (χ0) is 58.2. The summed E-state index contributed by atoms with van der Waals surface area (Å²) in [5.41, 5.74) is 0. The van der Waals surface area contributed by atoms with Crippen molar-refractivity contribution in [3.05, 3.63) is 12.2 Å². The number of aliphatic hydroxyl groups is 7. The second kappa shape index (κ2) is 58.2. The number of amides is 1. The Kier molecular flexibility index (Phi) is 56.0. The molecule has 8 N–H and O–H groups in total. The van der Waals surface area contributed by atoms with E-state index in [0.717, 1.165) is 38.5 Å². The third-order valence-electron chi connectivity index (χ3n) is 17.3. The normalized spacial score (nSPS) is 19.2. The van der Waals surface area contributed by atoms with Crippen LogP contribution < -0.4 is 5.32 Å². The lowest BCUT2D eigenvalue weighted by Crippen LogP contribution is -2.60. The van der Waals surface area contributed by atoms with E-state index in [9.17, 15) is 40.5 Å². The number of aliphatic hydroxyl groups excluding tert-OH is 7. The fourth-order valence-electron chi connectivity index (χ4n) is 11.7. The van der Waals surface area contributed by atoms with Crippen molar-refractivity contribution in [2.45, 2.75) is 409 Å². The number of carbonyl (C=O) groups is 1. The van der Waals surface area contributed by atoms with Gasteiger partial charge < -0.3 is 50.5 Å². The van der Waals surface area contributed by atoms with Crippen LogP contribution in [0.5, 0.6) is 0 Å². The van der Waals surface area contributed by atoms with Crippen LogP contribution in [0.25, 0.3) is 0 Å². The topological polar surface area (TPSA) is 189 Å². The molecule has 0 aromatic heterocycles. The molecule has 9 atom stereocenters. The quantitative estimate of drug-likeness (QED) is 0.0215. The number of ether oxygens (including phenoxy) is 2. The van der Waals surface area contributed by atoms with Gasteiger partial charge in [-0.05, 0) is 38.5 Å². The third-order valence-corrected chi connectivity index (χ3v) is 17.3. The van der Waals surface area contributed by atoms with E-state index in [1.54, 1.807) is 0 Å². The lowest BCUT2D eigenvalue weighted by atomic mass is 9.98. The van der Waals surface area contributed by atoms with Crippen LogP contribution in [0.2, 0.25) is 0 Å². The lowest BCUT2D eigenvalue weighted by Gasteiger charge is -2.40. The van der Waals surface area contributed by atoms with E-state index >= 15 is 0 Å². The summed E-state index contributed by atoms with van der Waals surface area (Å²) in [7, 11) is 0. The van der Waals surface area contributed by atoms with Gasteiger partial charge in [-0.25, -0.2) is 0 Å². The summed E-state index contributed by atoms with van der Waals surface area (Å²) in [6.45, 7) is 3.52. The number of hydrogen-bond donors (Lipinski definition) is 8. The smallest absolute Gasteiger partial charge is 0.249 e. The molecule has 1 aliphatic rings. The van der Waals surface area contributed by atoms with E-state index in [1.807, 2.05) is 0 Å². The number of hydrogen-bond acceptors (Lipinski definition) is 10. The zero-order valence-electron chi connectivity index (χ0n) is 52.6. The number of unbranched alkanes of at least 4 members (excludes halogenated alkanes) is 48. The SMILES string of the molecule is CCCCCCCCCCCCCC/C=C\CCCCCCCCCCCCCC(O)C(=O)NC(COC1OC(CO)C(O)C(O)C1O)C(O)C(O)CCCCCCCCCCCCCCCCCCCCCCCCCCCC. The molecule has 0 spiro atoms. The average molecular weight is 1140 g/mol. The van der Waals surface area contributed by atoms with Crippen molar-refractivity contribution < 1.29 is 50.0 Å². The van der Waals surface area contributed by atoms with Crippen LogP contribution >= 0.6 is 0 Å². The van der Waals surface area contributed by atoms with Gasteiger partial charge in [-0.15, -0.1) is 0 Å². The predicted molar refractivity (Wildman–Crippen MR) is 335 cm³/mol. The van der Waals surface area contributed by atoms with Crippen molar-refractivity contribution in [2.24, 2.45) is 0 Å². The summed E-state index contributed by atoms with van der Waals surface area (Å²) < 4.78 is 11.2. The molecule has 1 heterocycles. The van der Waals surface area contributed by atoms with Crippen LogP contribution in [0.4, 0.5) is 0 Å². The van der Waals surface area contributed by atoms with Crippen LogP contribution in [0.3, 0.4) is 0 Å². The highest BCUT2D eigenvalue weighted by atomic mass is 16.7. The van der Waals surface area contributed by atoms with E-state index in [0.29, 0.717) is 19.3 Å². The summed E-state index contributed by atoms with van der Waals surface area (Å²) in [6.07, 6.45) is 60.0. The molecule has 0 aromatic rings. The first kappa shape index (κ1) is 76.9. The maximum atomic E-state index is 13.3. The Morgan fingerprint density at radius 1 is 0.425 bits per heavy atom. The maximum absolute atomic E-state index is 13.3.